The molecule has 7 heteroatoms. The molecule has 0 bridgehead atoms. The average Bonchev–Trinajstić information content (AvgIpc) is 2.15. The van der Waals surface area contributed by atoms with Gasteiger partial charge < -0.3 is 16.0 Å². The third-order valence-electron chi connectivity index (χ3n) is 1.76. The van der Waals surface area contributed by atoms with Crippen LogP contribution in [-0.4, -0.2) is 49.3 Å². The third kappa shape index (κ3) is 5.95. The van der Waals surface area contributed by atoms with Gasteiger partial charge in [-0.15, -0.1) is 0 Å². The van der Waals surface area contributed by atoms with Gasteiger partial charge in [-0.3, -0.25) is 9.59 Å². The predicted molar refractivity (Wildman–Crippen MR) is 50.3 cm³/mol. The summed E-state index contributed by atoms with van der Waals surface area (Å²) in [5.41, 5.74) is 4.78. The zero-order valence-electron chi connectivity index (χ0n) is 8.72. The van der Waals surface area contributed by atoms with Gasteiger partial charge in [0.25, 0.3) is 5.92 Å². The summed E-state index contributed by atoms with van der Waals surface area (Å²) in [4.78, 5) is 22.9. The fraction of sp³-hybridized carbons (Fsp3) is 0.750. The molecular formula is C8H15F2N3O2. The Bertz CT molecular complexity index is 246. The fourth-order valence-electron chi connectivity index (χ4n) is 0.683. The molecule has 0 aliphatic rings. The Kier molecular flexibility index (Phi) is 5.13. The van der Waals surface area contributed by atoms with Crippen LogP contribution in [-0.2, 0) is 9.59 Å². The fourth-order valence-corrected chi connectivity index (χ4v) is 0.683. The molecule has 0 saturated carbocycles. The van der Waals surface area contributed by atoms with Crippen LogP contribution in [0.4, 0.5) is 8.78 Å². The molecule has 15 heavy (non-hydrogen) atoms. The number of nitrogens with one attached hydrogen (secondary N) is 1. The average molecular weight is 223 g/mol. The first-order valence-electron chi connectivity index (χ1n) is 4.35. The molecule has 0 aromatic rings. The van der Waals surface area contributed by atoms with Crippen LogP contribution in [0, 0.1) is 0 Å². The van der Waals surface area contributed by atoms with Crippen molar-refractivity contribution in [2.24, 2.45) is 5.73 Å². The normalized spacial score (nSPS) is 11.0. The SMILES string of the molecule is CC(=O)N(C)CC(=O)NCC(F)(F)CN. The summed E-state index contributed by atoms with van der Waals surface area (Å²) in [6, 6.07) is 0. The molecule has 5 nitrogen and oxygen atoms in total. The van der Waals surface area contributed by atoms with Crippen LogP contribution < -0.4 is 11.1 Å². The maximum absolute atomic E-state index is 12.6. The van der Waals surface area contributed by atoms with E-state index in [1.807, 2.05) is 5.32 Å². The molecule has 0 atom stereocenters. The summed E-state index contributed by atoms with van der Waals surface area (Å²) in [5, 5.41) is 2.00. The zero-order chi connectivity index (χ0) is 12.1. The number of halogens is 2. The molecule has 0 aromatic carbocycles. The van der Waals surface area contributed by atoms with Gasteiger partial charge in [0.05, 0.1) is 19.6 Å². The van der Waals surface area contributed by atoms with Crippen molar-refractivity contribution in [1.82, 2.24) is 10.2 Å². The van der Waals surface area contributed by atoms with Crippen molar-refractivity contribution in [3.8, 4) is 0 Å². The van der Waals surface area contributed by atoms with Crippen LogP contribution in [0.5, 0.6) is 0 Å². The number of nitrogens with zero attached hydrogens (tertiary/aromatic N) is 1. The standard InChI is InChI=1S/C8H15F2N3O2/c1-6(14)13(2)3-7(15)12-5-8(9,10)4-11/h3-5,11H2,1-2H3,(H,12,15). The van der Waals surface area contributed by atoms with E-state index in [4.69, 9.17) is 5.73 Å². The lowest BCUT2D eigenvalue weighted by Crippen LogP contribution is -2.45. The second-order valence-electron chi connectivity index (χ2n) is 3.21. The summed E-state index contributed by atoms with van der Waals surface area (Å²) in [7, 11) is 1.41. The quantitative estimate of drug-likeness (QED) is 0.639. The molecule has 88 valence electrons. The van der Waals surface area contributed by atoms with Gasteiger partial charge in [0.15, 0.2) is 0 Å². The van der Waals surface area contributed by atoms with Gasteiger partial charge in [0.1, 0.15) is 0 Å². The molecule has 0 aliphatic heterocycles. The summed E-state index contributed by atoms with van der Waals surface area (Å²) in [6.45, 7) is -0.596. The van der Waals surface area contributed by atoms with Crippen LogP contribution in [0.2, 0.25) is 0 Å². The van der Waals surface area contributed by atoms with Crippen LogP contribution in [0.1, 0.15) is 6.92 Å². The first-order chi connectivity index (χ1) is 6.78. The molecule has 0 unspecified atom stereocenters. The minimum atomic E-state index is -3.11. The third-order valence-corrected chi connectivity index (χ3v) is 1.76. The van der Waals surface area contributed by atoms with Crippen LogP contribution in [0.3, 0.4) is 0 Å². The van der Waals surface area contributed by atoms with Crippen molar-refractivity contribution in [1.29, 1.82) is 0 Å². The summed E-state index contributed by atoms with van der Waals surface area (Å²) >= 11 is 0. The number of likely N-dealkylation sites (N-methyl/N-ethyl adjacent to an activating group) is 1. The van der Waals surface area contributed by atoms with E-state index in [1.165, 1.54) is 14.0 Å². The van der Waals surface area contributed by atoms with E-state index in [0.29, 0.717) is 0 Å². The molecule has 0 rings (SSSR count). The second-order valence-corrected chi connectivity index (χ2v) is 3.21. The summed E-state index contributed by atoms with van der Waals surface area (Å²) in [6.07, 6.45) is 0. The number of carbonyl (C=O) groups is 2. The molecule has 0 heterocycles. The van der Waals surface area contributed by atoms with E-state index in [-0.39, 0.29) is 12.5 Å². The minimum absolute atomic E-state index is 0.240. The van der Waals surface area contributed by atoms with E-state index in [9.17, 15) is 18.4 Å². The van der Waals surface area contributed by atoms with Crippen molar-refractivity contribution in [3.63, 3.8) is 0 Å². The molecule has 3 N–H and O–H groups in total. The van der Waals surface area contributed by atoms with Gasteiger partial charge in [0, 0.05) is 14.0 Å². The lowest BCUT2D eigenvalue weighted by molar-refractivity contribution is -0.133. The Morgan fingerprint density at radius 3 is 2.40 bits per heavy atom. The predicted octanol–water partition coefficient (Wildman–Crippen LogP) is -0.825. The van der Waals surface area contributed by atoms with Crippen LogP contribution in [0.15, 0.2) is 0 Å². The van der Waals surface area contributed by atoms with Crippen LogP contribution >= 0.6 is 0 Å². The monoisotopic (exact) mass is 223 g/mol. The maximum atomic E-state index is 12.6. The summed E-state index contributed by atoms with van der Waals surface area (Å²) in [5.74, 6) is -4.05. The van der Waals surface area contributed by atoms with E-state index < -0.39 is 24.9 Å². The maximum Gasteiger partial charge on any atom is 0.277 e. The second kappa shape index (κ2) is 5.59. The largest absolute Gasteiger partial charge is 0.348 e. The number of nitrogens with two attached hydrogens (primary N) is 1. The number of alkyl halides is 2. The number of carbonyl (C=O) groups excluding carboxylic acids is 2. The molecule has 0 aliphatic carbocycles. The smallest absolute Gasteiger partial charge is 0.277 e. The minimum Gasteiger partial charge on any atom is -0.348 e. The Balaban J connectivity index is 3.91. The van der Waals surface area contributed by atoms with Crippen molar-refractivity contribution in [2.45, 2.75) is 12.8 Å². The molecule has 0 spiro atoms. The number of amides is 2. The highest BCUT2D eigenvalue weighted by atomic mass is 19.3. The summed E-state index contributed by atoms with van der Waals surface area (Å²) < 4.78 is 25.2. The Hall–Kier alpha value is -1.24. The van der Waals surface area contributed by atoms with Crippen molar-refractivity contribution in [2.75, 3.05) is 26.7 Å². The van der Waals surface area contributed by atoms with Gasteiger partial charge in [-0.05, 0) is 0 Å². The van der Waals surface area contributed by atoms with E-state index in [0.717, 1.165) is 4.90 Å². The number of rotatable bonds is 5. The molecule has 2 amide bonds. The van der Waals surface area contributed by atoms with Gasteiger partial charge in [-0.25, -0.2) is 8.78 Å². The van der Waals surface area contributed by atoms with E-state index in [2.05, 4.69) is 0 Å². The first kappa shape index (κ1) is 13.8. The van der Waals surface area contributed by atoms with E-state index in [1.54, 1.807) is 0 Å². The highest BCUT2D eigenvalue weighted by Crippen LogP contribution is 2.08. The Morgan fingerprint density at radius 2 is 2.00 bits per heavy atom. The Morgan fingerprint density at radius 1 is 1.47 bits per heavy atom. The van der Waals surface area contributed by atoms with Crippen molar-refractivity contribution in [3.05, 3.63) is 0 Å². The molecule has 0 fully saturated rings. The molecule has 0 radical (unpaired) electrons. The molecule has 0 saturated heterocycles. The van der Waals surface area contributed by atoms with Crippen molar-refractivity contribution < 1.29 is 18.4 Å². The number of hydrogen-bond acceptors (Lipinski definition) is 3. The topological polar surface area (TPSA) is 75.4 Å². The van der Waals surface area contributed by atoms with Crippen LogP contribution in [0.25, 0.3) is 0 Å². The lowest BCUT2D eigenvalue weighted by atomic mass is 10.3. The highest BCUT2D eigenvalue weighted by molar-refractivity contribution is 5.83. The van der Waals surface area contributed by atoms with E-state index >= 15 is 0 Å². The van der Waals surface area contributed by atoms with Gasteiger partial charge in [0.2, 0.25) is 11.8 Å². The highest BCUT2D eigenvalue weighted by Gasteiger charge is 2.27. The zero-order valence-corrected chi connectivity index (χ0v) is 8.72. The van der Waals surface area contributed by atoms with Gasteiger partial charge in [-0.1, -0.05) is 0 Å². The Labute approximate surface area is 86.6 Å². The number of hydrogen-bond donors (Lipinski definition) is 2. The van der Waals surface area contributed by atoms with Gasteiger partial charge in [-0.2, -0.15) is 0 Å². The van der Waals surface area contributed by atoms with Gasteiger partial charge >= 0.3 is 0 Å². The molecular weight excluding hydrogens is 208 g/mol. The molecule has 0 aromatic heterocycles. The van der Waals surface area contributed by atoms with Crippen molar-refractivity contribution >= 4 is 11.8 Å². The lowest BCUT2D eigenvalue weighted by Gasteiger charge is -2.17. The first-order valence-corrected chi connectivity index (χ1v) is 4.35.